The van der Waals surface area contributed by atoms with Crippen LogP contribution in [0.2, 0.25) is 0 Å². The van der Waals surface area contributed by atoms with Crippen molar-refractivity contribution in [2.45, 2.75) is 66.5 Å². The van der Waals surface area contributed by atoms with E-state index >= 15 is 0 Å². The number of hydrogen-bond acceptors (Lipinski definition) is 3. The highest BCUT2D eigenvalue weighted by Gasteiger charge is 2.19. The first-order valence-corrected chi connectivity index (χ1v) is 13.1. The van der Waals surface area contributed by atoms with Crippen molar-refractivity contribution in [3.63, 3.8) is 0 Å². The van der Waals surface area contributed by atoms with Gasteiger partial charge in [0.05, 0.1) is 13.2 Å². The maximum absolute atomic E-state index is 12.4. The van der Waals surface area contributed by atoms with Crippen molar-refractivity contribution < 1.29 is 13.2 Å². The van der Waals surface area contributed by atoms with Crippen LogP contribution in [0.15, 0.2) is 60.7 Å². The summed E-state index contributed by atoms with van der Waals surface area (Å²) in [6.07, 6.45) is 2.32. The van der Waals surface area contributed by atoms with E-state index in [0.717, 1.165) is 30.7 Å². The van der Waals surface area contributed by atoms with E-state index in [-0.39, 0.29) is 6.04 Å². The largest absolute Gasteiger partial charge is 0.375 e. The van der Waals surface area contributed by atoms with Gasteiger partial charge in [-0.15, -0.1) is 0 Å². The zero-order valence-corrected chi connectivity index (χ0v) is 21.2. The van der Waals surface area contributed by atoms with Crippen molar-refractivity contribution in [3.8, 4) is 0 Å². The van der Waals surface area contributed by atoms with Crippen molar-refractivity contribution in [1.29, 1.82) is 0 Å². The molecule has 2 N–H and O–H groups in total. The molecular formula is C26H42N2O3S. The minimum absolute atomic E-state index is 0.254. The highest BCUT2D eigenvalue weighted by atomic mass is 32.2. The molecule has 0 radical (unpaired) electrons. The molecule has 0 amide bonds. The lowest BCUT2D eigenvalue weighted by Crippen LogP contribution is -2.45. The number of nitrogens with one attached hydrogen (secondary N) is 2. The van der Waals surface area contributed by atoms with Gasteiger partial charge in [-0.1, -0.05) is 95.3 Å². The molecule has 0 aliphatic heterocycles. The van der Waals surface area contributed by atoms with Gasteiger partial charge in [0.1, 0.15) is 0 Å². The van der Waals surface area contributed by atoms with Crippen molar-refractivity contribution in [3.05, 3.63) is 71.8 Å². The first kappa shape index (κ1) is 28.3. The fourth-order valence-electron chi connectivity index (χ4n) is 3.02. The van der Waals surface area contributed by atoms with E-state index in [1.54, 1.807) is 0 Å². The Morgan fingerprint density at radius 3 is 1.91 bits per heavy atom. The molecule has 0 aromatic heterocycles. The second-order valence-corrected chi connectivity index (χ2v) is 10.7. The van der Waals surface area contributed by atoms with Gasteiger partial charge < -0.3 is 4.74 Å². The maximum Gasteiger partial charge on any atom is 0.277 e. The van der Waals surface area contributed by atoms with Crippen LogP contribution in [0.5, 0.6) is 0 Å². The van der Waals surface area contributed by atoms with Gasteiger partial charge in [0, 0.05) is 12.6 Å². The number of rotatable bonds is 13. The topological polar surface area (TPSA) is 67.4 Å². The van der Waals surface area contributed by atoms with Crippen molar-refractivity contribution >= 4 is 10.2 Å². The fraction of sp³-hybridized carbons (Fsp3) is 0.538. The van der Waals surface area contributed by atoms with Crippen LogP contribution in [0.3, 0.4) is 0 Å². The van der Waals surface area contributed by atoms with E-state index in [9.17, 15) is 8.42 Å². The minimum Gasteiger partial charge on any atom is -0.375 e. The van der Waals surface area contributed by atoms with Gasteiger partial charge in [-0.25, -0.2) is 4.72 Å². The highest BCUT2D eigenvalue weighted by Crippen LogP contribution is 2.08. The summed E-state index contributed by atoms with van der Waals surface area (Å²) in [7, 11) is -3.56. The average molecular weight is 463 g/mol. The molecule has 0 unspecified atom stereocenters. The van der Waals surface area contributed by atoms with Crippen molar-refractivity contribution in [1.82, 2.24) is 9.44 Å². The molecule has 0 heterocycles. The molecule has 0 aliphatic rings. The van der Waals surface area contributed by atoms with Gasteiger partial charge >= 0.3 is 0 Å². The van der Waals surface area contributed by atoms with Crippen LogP contribution in [-0.2, 0) is 28.0 Å². The van der Waals surface area contributed by atoms with E-state index in [1.165, 1.54) is 5.56 Å². The molecule has 2 aromatic rings. The average Bonchev–Trinajstić information content (AvgIpc) is 2.72. The Kier molecular flexibility index (Phi) is 14.1. The zero-order chi connectivity index (χ0) is 23.8. The lowest BCUT2D eigenvalue weighted by molar-refractivity contribution is 0.0986. The highest BCUT2D eigenvalue weighted by molar-refractivity contribution is 7.87. The minimum atomic E-state index is -3.56. The Labute approximate surface area is 196 Å². The molecule has 6 heteroatoms. The van der Waals surface area contributed by atoms with Gasteiger partial charge in [-0.3, -0.25) is 0 Å². The predicted molar refractivity (Wildman–Crippen MR) is 135 cm³/mol. The summed E-state index contributed by atoms with van der Waals surface area (Å²) >= 11 is 0. The monoisotopic (exact) mass is 462 g/mol. The van der Waals surface area contributed by atoms with E-state index in [1.807, 2.05) is 48.5 Å². The zero-order valence-electron chi connectivity index (χ0n) is 20.4. The van der Waals surface area contributed by atoms with Gasteiger partial charge in [-0.05, 0) is 42.2 Å². The van der Waals surface area contributed by atoms with Gasteiger partial charge in [0.2, 0.25) is 0 Å². The third kappa shape index (κ3) is 15.1. The summed E-state index contributed by atoms with van der Waals surface area (Å²) in [6, 6.07) is 19.7. The van der Waals surface area contributed by atoms with E-state index in [0.29, 0.717) is 25.7 Å². The Balaban J connectivity index is 0.00000118. The molecule has 0 aliphatic carbocycles. The Morgan fingerprint density at radius 1 is 0.844 bits per heavy atom. The second kappa shape index (κ2) is 16.0. The summed E-state index contributed by atoms with van der Waals surface area (Å²) in [6.45, 7) is 11.9. The van der Waals surface area contributed by atoms with Crippen LogP contribution in [-0.4, -0.2) is 27.6 Å². The quantitative estimate of drug-likeness (QED) is 0.395. The lowest BCUT2D eigenvalue weighted by Gasteiger charge is -2.21. The molecular weight excluding hydrogens is 420 g/mol. The van der Waals surface area contributed by atoms with Crippen molar-refractivity contribution in [2.75, 3.05) is 13.2 Å². The maximum atomic E-state index is 12.4. The molecule has 180 valence electrons. The van der Waals surface area contributed by atoms with E-state index in [4.69, 9.17) is 4.74 Å². The smallest absolute Gasteiger partial charge is 0.277 e. The first-order valence-electron chi connectivity index (χ1n) is 11.6. The molecule has 2 aromatic carbocycles. The molecule has 0 bridgehead atoms. The van der Waals surface area contributed by atoms with Gasteiger partial charge in [0.25, 0.3) is 10.2 Å². The molecule has 0 fully saturated rings. The van der Waals surface area contributed by atoms with Crippen LogP contribution in [0.25, 0.3) is 0 Å². The van der Waals surface area contributed by atoms with Crippen LogP contribution >= 0.6 is 0 Å². The molecule has 1 atom stereocenters. The third-order valence-corrected chi connectivity index (χ3v) is 5.51. The number of benzene rings is 2. The third-order valence-electron chi connectivity index (χ3n) is 4.29. The predicted octanol–water partition coefficient (Wildman–Crippen LogP) is 5.34. The SMILES string of the molecule is CC(C)C.CC(C)C[C@@H](COCc1ccccc1)NS(=O)(=O)NCCCc1ccccc1. The fourth-order valence-corrected chi connectivity index (χ4v) is 4.12. The van der Waals surface area contributed by atoms with Gasteiger partial charge in [0.15, 0.2) is 0 Å². The van der Waals surface area contributed by atoms with Crippen molar-refractivity contribution in [2.24, 2.45) is 11.8 Å². The number of hydrogen-bond donors (Lipinski definition) is 2. The second-order valence-electron chi connectivity index (χ2n) is 9.16. The van der Waals surface area contributed by atoms with Crippen LogP contribution in [0.4, 0.5) is 0 Å². The lowest BCUT2D eigenvalue weighted by atomic mass is 10.1. The molecule has 0 saturated carbocycles. The molecule has 5 nitrogen and oxygen atoms in total. The molecule has 0 spiro atoms. The number of aryl methyl sites for hydroxylation is 1. The molecule has 2 rings (SSSR count). The van der Waals surface area contributed by atoms with Crippen LogP contribution in [0.1, 0.15) is 58.6 Å². The summed E-state index contributed by atoms with van der Waals surface area (Å²) in [5.74, 6) is 1.20. The summed E-state index contributed by atoms with van der Waals surface area (Å²) < 4.78 is 35.9. The molecule has 0 saturated heterocycles. The van der Waals surface area contributed by atoms with Crippen LogP contribution < -0.4 is 9.44 Å². The summed E-state index contributed by atoms with van der Waals surface area (Å²) in [5.41, 5.74) is 2.29. The number of ether oxygens (including phenoxy) is 1. The first-order chi connectivity index (χ1) is 15.2. The van der Waals surface area contributed by atoms with Crippen LogP contribution in [0, 0.1) is 11.8 Å². The standard InChI is InChI=1S/C22H32N2O3S.C4H10/c1-19(2)16-22(18-27-17-21-12-7-4-8-13-21)24-28(25,26)23-15-9-14-20-10-5-3-6-11-20;1-4(2)3/h3-8,10-13,19,22-24H,9,14-18H2,1-2H3;4H,1-3H3/t22-;/m0./s1. The summed E-state index contributed by atoms with van der Waals surface area (Å²) in [4.78, 5) is 0. The summed E-state index contributed by atoms with van der Waals surface area (Å²) in [5, 5.41) is 0. The Hall–Kier alpha value is -1.73. The normalized spacial score (nSPS) is 12.5. The van der Waals surface area contributed by atoms with E-state index < -0.39 is 10.2 Å². The Morgan fingerprint density at radius 2 is 1.38 bits per heavy atom. The Bertz CT molecular complexity index is 807. The molecule has 32 heavy (non-hydrogen) atoms. The van der Waals surface area contributed by atoms with E-state index in [2.05, 4.69) is 56.2 Å². The van der Waals surface area contributed by atoms with Gasteiger partial charge in [-0.2, -0.15) is 13.1 Å².